The van der Waals surface area contributed by atoms with Gasteiger partial charge in [-0.1, -0.05) is 11.6 Å². The van der Waals surface area contributed by atoms with Gasteiger partial charge in [0, 0.05) is 16.8 Å². The highest BCUT2D eigenvalue weighted by Crippen LogP contribution is 2.15. The summed E-state index contributed by atoms with van der Waals surface area (Å²) >= 11 is 5.86. The van der Waals surface area contributed by atoms with E-state index in [2.05, 4.69) is 0 Å². The summed E-state index contributed by atoms with van der Waals surface area (Å²) in [5.41, 5.74) is 0.516. The van der Waals surface area contributed by atoms with Gasteiger partial charge in [0.1, 0.15) is 18.9 Å². The van der Waals surface area contributed by atoms with Crippen LogP contribution in [0.4, 0.5) is 0 Å². The molecule has 28 heavy (non-hydrogen) atoms. The van der Waals surface area contributed by atoms with Gasteiger partial charge >= 0.3 is 0 Å². The fraction of sp³-hybridized carbons (Fsp3) is 0.350. The van der Waals surface area contributed by atoms with E-state index in [4.69, 9.17) is 16.3 Å². The molecule has 1 aliphatic heterocycles. The molecule has 8 heteroatoms. The number of ether oxygens (including phenoxy) is 1. The smallest absolute Gasteiger partial charge is 0.254 e. The molecule has 0 spiro atoms. The molecule has 1 amide bonds. The quantitative estimate of drug-likeness (QED) is 0.757. The molecule has 0 atom stereocenters. The molecule has 0 saturated carbocycles. The van der Waals surface area contributed by atoms with Crippen LogP contribution in [0.25, 0.3) is 0 Å². The zero-order valence-electron chi connectivity index (χ0n) is 15.7. The molecule has 6 nitrogen and oxygen atoms in total. The Hall–Kier alpha value is -2.09. The molecule has 2 aromatic rings. The molecule has 1 aliphatic rings. The average molecular weight is 424 g/mol. The van der Waals surface area contributed by atoms with Crippen molar-refractivity contribution in [2.45, 2.75) is 4.90 Å². The first-order valence-electron chi connectivity index (χ1n) is 9.14. The van der Waals surface area contributed by atoms with Crippen molar-refractivity contribution in [2.24, 2.45) is 0 Å². The maximum absolute atomic E-state index is 12.6. The maximum Gasteiger partial charge on any atom is 0.254 e. The SMILES string of the molecule is CS(=O)(=O)c1ccc(C(=O)N2CC[NH+](CCOc3ccc(Cl)cc3)CC2)cc1. The summed E-state index contributed by atoms with van der Waals surface area (Å²) in [4.78, 5) is 16.1. The van der Waals surface area contributed by atoms with Crippen LogP contribution in [-0.4, -0.2) is 64.8 Å². The first-order chi connectivity index (χ1) is 13.3. The van der Waals surface area contributed by atoms with E-state index in [1.165, 1.54) is 17.0 Å². The molecule has 0 aromatic heterocycles. The Bertz CT molecular complexity index is 906. The molecule has 0 unspecified atom stereocenters. The number of amides is 1. The highest BCUT2D eigenvalue weighted by atomic mass is 35.5. The first kappa shape index (κ1) is 20.6. The molecule has 1 N–H and O–H groups in total. The Morgan fingerprint density at radius 1 is 1.07 bits per heavy atom. The molecule has 1 heterocycles. The number of quaternary nitrogens is 1. The highest BCUT2D eigenvalue weighted by Gasteiger charge is 2.24. The number of nitrogens with zero attached hydrogens (tertiary/aromatic N) is 1. The van der Waals surface area contributed by atoms with Crippen LogP contribution in [0.15, 0.2) is 53.4 Å². The third kappa shape index (κ3) is 5.47. The van der Waals surface area contributed by atoms with E-state index in [-0.39, 0.29) is 10.8 Å². The predicted molar refractivity (Wildman–Crippen MR) is 108 cm³/mol. The predicted octanol–water partition coefficient (Wildman–Crippen LogP) is 1.16. The molecule has 0 aliphatic carbocycles. The van der Waals surface area contributed by atoms with E-state index >= 15 is 0 Å². The fourth-order valence-electron chi connectivity index (χ4n) is 3.15. The summed E-state index contributed by atoms with van der Waals surface area (Å²) in [6, 6.07) is 13.4. The number of piperazine rings is 1. The summed E-state index contributed by atoms with van der Waals surface area (Å²) < 4.78 is 28.8. The molecular formula is C20H24ClN2O4S+. The lowest BCUT2D eigenvalue weighted by atomic mass is 10.2. The van der Waals surface area contributed by atoms with Gasteiger partial charge in [-0.05, 0) is 48.5 Å². The molecule has 1 fully saturated rings. The Labute approximate surface area is 170 Å². The number of nitrogens with one attached hydrogen (secondary N) is 1. The topological polar surface area (TPSA) is 68.1 Å². The van der Waals surface area contributed by atoms with E-state index in [1.807, 2.05) is 17.0 Å². The second-order valence-corrected chi connectivity index (χ2v) is 9.34. The van der Waals surface area contributed by atoms with Crippen molar-refractivity contribution in [3.8, 4) is 5.75 Å². The first-order valence-corrected chi connectivity index (χ1v) is 11.4. The van der Waals surface area contributed by atoms with Crippen molar-refractivity contribution >= 4 is 27.3 Å². The van der Waals surface area contributed by atoms with Crippen molar-refractivity contribution in [1.29, 1.82) is 0 Å². The standard InChI is InChI=1S/C20H23ClN2O4S/c1-28(25,26)19-8-2-16(3-9-19)20(24)23-12-10-22(11-13-23)14-15-27-18-6-4-17(21)5-7-18/h2-9H,10-15H2,1H3/p+1. The Morgan fingerprint density at radius 3 is 2.25 bits per heavy atom. The van der Waals surface area contributed by atoms with Crippen LogP contribution in [-0.2, 0) is 9.84 Å². The molecule has 1 saturated heterocycles. The van der Waals surface area contributed by atoms with Crippen LogP contribution in [0.5, 0.6) is 5.75 Å². The van der Waals surface area contributed by atoms with Crippen LogP contribution in [0, 0.1) is 0 Å². The average Bonchev–Trinajstić information content (AvgIpc) is 2.69. The molecule has 3 rings (SSSR count). The molecule has 0 bridgehead atoms. The van der Waals surface area contributed by atoms with Crippen molar-refractivity contribution in [3.05, 3.63) is 59.1 Å². The van der Waals surface area contributed by atoms with Gasteiger partial charge < -0.3 is 14.5 Å². The van der Waals surface area contributed by atoms with Crippen molar-refractivity contribution in [2.75, 3.05) is 45.6 Å². The Kier molecular flexibility index (Phi) is 6.59. The van der Waals surface area contributed by atoms with E-state index in [0.717, 1.165) is 31.6 Å². The summed E-state index contributed by atoms with van der Waals surface area (Å²) in [5, 5.41) is 0.685. The minimum Gasteiger partial charge on any atom is -0.488 e. The van der Waals surface area contributed by atoms with Gasteiger partial charge in [-0.3, -0.25) is 4.79 Å². The second kappa shape index (κ2) is 8.94. The van der Waals surface area contributed by atoms with Crippen LogP contribution < -0.4 is 9.64 Å². The molecule has 2 aromatic carbocycles. The summed E-state index contributed by atoms with van der Waals surface area (Å²) in [7, 11) is -3.26. The lowest BCUT2D eigenvalue weighted by Crippen LogP contribution is -3.15. The summed E-state index contributed by atoms with van der Waals surface area (Å²) in [6.07, 6.45) is 1.16. The molecule has 0 radical (unpaired) electrons. The number of carbonyl (C=O) groups excluding carboxylic acids is 1. The number of sulfone groups is 1. The van der Waals surface area contributed by atoms with E-state index < -0.39 is 9.84 Å². The van der Waals surface area contributed by atoms with Crippen LogP contribution in [0.3, 0.4) is 0 Å². The second-order valence-electron chi connectivity index (χ2n) is 6.89. The van der Waals surface area contributed by atoms with E-state index in [1.54, 1.807) is 24.3 Å². The number of benzene rings is 2. The zero-order chi connectivity index (χ0) is 20.1. The van der Waals surface area contributed by atoms with Crippen LogP contribution >= 0.6 is 11.6 Å². The van der Waals surface area contributed by atoms with Crippen molar-refractivity contribution < 1.29 is 22.8 Å². The molecule has 150 valence electrons. The zero-order valence-corrected chi connectivity index (χ0v) is 17.3. The van der Waals surface area contributed by atoms with E-state index in [9.17, 15) is 13.2 Å². The highest BCUT2D eigenvalue weighted by molar-refractivity contribution is 7.90. The number of carbonyl (C=O) groups is 1. The minimum absolute atomic E-state index is 0.0588. The van der Waals surface area contributed by atoms with Gasteiger partial charge in [0.25, 0.3) is 5.91 Å². The largest absolute Gasteiger partial charge is 0.488 e. The monoisotopic (exact) mass is 423 g/mol. The van der Waals surface area contributed by atoms with Gasteiger partial charge in [0.05, 0.1) is 31.1 Å². The molecular weight excluding hydrogens is 400 g/mol. The number of hydrogen-bond donors (Lipinski definition) is 1. The normalized spacial score (nSPS) is 15.4. The Morgan fingerprint density at radius 2 is 1.68 bits per heavy atom. The van der Waals surface area contributed by atoms with Gasteiger partial charge in [-0.15, -0.1) is 0 Å². The fourth-order valence-corrected chi connectivity index (χ4v) is 3.90. The van der Waals surface area contributed by atoms with Gasteiger partial charge in [-0.25, -0.2) is 8.42 Å². The third-order valence-electron chi connectivity index (χ3n) is 4.83. The maximum atomic E-state index is 12.6. The number of hydrogen-bond acceptors (Lipinski definition) is 4. The van der Waals surface area contributed by atoms with Crippen LogP contribution in [0.1, 0.15) is 10.4 Å². The van der Waals surface area contributed by atoms with Crippen molar-refractivity contribution in [1.82, 2.24) is 4.90 Å². The van der Waals surface area contributed by atoms with E-state index in [0.29, 0.717) is 30.3 Å². The van der Waals surface area contributed by atoms with Crippen LogP contribution in [0.2, 0.25) is 5.02 Å². The minimum atomic E-state index is -3.26. The third-order valence-corrected chi connectivity index (χ3v) is 6.21. The summed E-state index contributed by atoms with van der Waals surface area (Å²) in [6.45, 7) is 4.53. The van der Waals surface area contributed by atoms with Gasteiger partial charge in [0.2, 0.25) is 0 Å². The lowest BCUT2D eigenvalue weighted by Gasteiger charge is -2.32. The Balaban J connectivity index is 1.45. The van der Waals surface area contributed by atoms with Gasteiger partial charge in [-0.2, -0.15) is 0 Å². The lowest BCUT2D eigenvalue weighted by molar-refractivity contribution is -0.903. The van der Waals surface area contributed by atoms with Gasteiger partial charge in [0.15, 0.2) is 9.84 Å². The number of halogens is 1. The summed E-state index contributed by atoms with van der Waals surface area (Å²) in [5.74, 6) is 0.742. The number of rotatable bonds is 6. The van der Waals surface area contributed by atoms with Crippen molar-refractivity contribution in [3.63, 3.8) is 0 Å².